The zero-order valence-corrected chi connectivity index (χ0v) is 52.2. The summed E-state index contributed by atoms with van der Waals surface area (Å²) in [5.74, 6) is -0.300. The molecule has 3 aliphatic rings. The number of carbonyl (C=O) groups excluding carboxylic acids is 1. The van der Waals surface area contributed by atoms with Gasteiger partial charge in [-0.15, -0.1) is 0 Å². The molecule has 498 valence electrons. The van der Waals surface area contributed by atoms with Crippen molar-refractivity contribution in [3.05, 3.63) is 109 Å². The molecule has 3 rings (SSSR count). The second kappa shape index (κ2) is 49.2. The number of amides is 1. The van der Waals surface area contributed by atoms with E-state index in [0.29, 0.717) is 12.8 Å². The minimum Gasteiger partial charge on any atom is -0.394 e. The van der Waals surface area contributed by atoms with Crippen LogP contribution >= 0.6 is 0 Å². The van der Waals surface area contributed by atoms with Gasteiger partial charge in [0.05, 0.1) is 38.6 Å². The smallest absolute Gasteiger partial charge is 0.220 e. The number of carbonyl (C=O) groups is 1. The Labute approximate surface area is 519 Å². The normalized spacial score (nSPS) is 29.3. The lowest BCUT2D eigenvalue weighted by Gasteiger charge is -2.48. The van der Waals surface area contributed by atoms with E-state index < -0.39 is 124 Å². The molecule has 0 aliphatic carbocycles. The third-order valence-corrected chi connectivity index (χ3v) is 15.6. The van der Waals surface area contributed by atoms with Crippen LogP contribution in [0.25, 0.3) is 0 Å². The van der Waals surface area contributed by atoms with Gasteiger partial charge >= 0.3 is 0 Å². The second-order valence-corrected chi connectivity index (χ2v) is 22.8. The summed E-state index contributed by atoms with van der Waals surface area (Å²) in [4.78, 5) is 13.3. The SMILES string of the molecule is CC/C=C\C/C=C\C/C=C\C/C=C\C/C=C\C/C=C\C/C=C\CCCCCCCCCCCC(=O)NC(COC1OC(CO)C(OC2OC(CO)C(OC3OC(CO)C(O)C(O)C3O)C(O)C2O)C(O)C1O)C(O)/C=C/CC/C=C/CCCCCCC. The zero-order valence-electron chi connectivity index (χ0n) is 52.2. The first-order chi connectivity index (χ1) is 42.3. The van der Waals surface area contributed by atoms with Crippen LogP contribution in [0.3, 0.4) is 0 Å². The molecule has 17 atom stereocenters. The van der Waals surface area contributed by atoms with E-state index in [9.17, 15) is 61.0 Å². The van der Waals surface area contributed by atoms with Crippen LogP contribution in [0.15, 0.2) is 109 Å². The van der Waals surface area contributed by atoms with Gasteiger partial charge in [-0.05, 0) is 89.9 Å². The highest BCUT2D eigenvalue weighted by atomic mass is 16.8. The van der Waals surface area contributed by atoms with Gasteiger partial charge in [0.1, 0.15) is 73.2 Å². The fourth-order valence-corrected chi connectivity index (χ4v) is 10.2. The predicted molar refractivity (Wildman–Crippen MR) is 337 cm³/mol. The minimum absolute atomic E-state index is 0.220. The van der Waals surface area contributed by atoms with Crippen molar-refractivity contribution in [3.63, 3.8) is 0 Å². The van der Waals surface area contributed by atoms with Crippen molar-refractivity contribution in [3.8, 4) is 0 Å². The molecule has 0 bridgehead atoms. The maximum atomic E-state index is 13.3. The summed E-state index contributed by atoms with van der Waals surface area (Å²) in [5.41, 5.74) is 0. The Morgan fingerprint density at radius 2 is 0.805 bits per heavy atom. The molecule has 0 aromatic heterocycles. The maximum absolute atomic E-state index is 13.3. The van der Waals surface area contributed by atoms with E-state index in [1.165, 1.54) is 51.4 Å². The second-order valence-electron chi connectivity index (χ2n) is 22.8. The lowest BCUT2D eigenvalue weighted by Crippen LogP contribution is -2.66. The van der Waals surface area contributed by atoms with Crippen molar-refractivity contribution in [1.29, 1.82) is 0 Å². The molecule has 17 unspecified atom stereocenters. The van der Waals surface area contributed by atoms with Crippen LogP contribution in [-0.4, -0.2) is 193 Å². The number of aliphatic hydroxyl groups excluding tert-OH is 11. The number of hydrogen-bond donors (Lipinski definition) is 12. The highest BCUT2D eigenvalue weighted by Gasteiger charge is 2.53. The van der Waals surface area contributed by atoms with Gasteiger partial charge in [0.15, 0.2) is 18.9 Å². The molecule has 0 radical (unpaired) electrons. The lowest BCUT2D eigenvalue weighted by atomic mass is 9.96. The summed E-state index contributed by atoms with van der Waals surface area (Å²) >= 11 is 0. The standard InChI is InChI=1S/C68H113NO18/c1-3-5-7-9-11-13-15-16-17-18-19-20-21-22-23-24-25-26-27-28-29-30-31-32-33-34-36-38-40-42-44-46-56(74)69-51(52(73)45-43-41-39-37-35-14-12-10-8-6-4-2)50-82-66-62(80)59(77)64(54(48-71)84-66)87-68-63(81)60(78)65(55(49-72)85-68)86-67-61(79)58(76)57(75)53(47-70)83-67/h5,7,11,13,16-17,19-20,22-23,25-26,28-29,35,37,43,45,51-55,57-68,70-73,75-81H,3-4,6,8-10,12,14-15,18,21,24,27,30-34,36,38-42,44,46-50H2,1-2H3,(H,69,74)/b7-5-,13-11-,17-16-,20-19-,23-22-,26-25-,29-28-,37-35+,45-43+. The van der Waals surface area contributed by atoms with Crippen LogP contribution in [0.2, 0.25) is 0 Å². The number of aliphatic hydroxyl groups is 11. The molecule has 1 amide bonds. The first-order valence-electron chi connectivity index (χ1n) is 32.6. The van der Waals surface area contributed by atoms with E-state index in [2.05, 4.69) is 116 Å². The van der Waals surface area contributed by atoms with Crippen LogP contribution in [0.4, 0.5) is 0 Å². The maximum Gasteiger partial charge on any atom is 0.220 e. The summed E-state index contributed by atoms with van der Waals surface area (Å²) in [7, 11) is 0. The zero-order chi connectivity index (χ0) is 63.3. The van der Waals surface area contributed by atoms with Gasteiger partial charge in [0.25, 0.3) is 0 Å². The van der Waals surface area contributed by atoms with Crippen LogP contribution in [0.1, 0.15) is 181 Å². The van der Waals surface area contributed by atoms with E-state index >= 15 is 0 Å². The van der Waals surface area contributed by atoms with Crippen molar-refractivity contribution < 1.29 is 89.4 Å². The highest BCUT2D eigenvalue weighted by Crippen LogP contribution is 2.33. The molecule has 87 heavy (non-hydrogen) atoms. The van der Waals surface area contributed by atoms with Crippen LogP contribution in [-0.2, 0) is 33.2 Å². The summed E-state index contributed by atoms with van der Waals surface area (Å²) < 4.78 is 34.2. The summed E-state index contributed by atoms with van der Waals surface area (Å²) in [6, 6.07) is -0.999. The Kier molecular flexibility index (Phi) is 43.9. The summed E-state index contributed by atoms with van der Waals surface area (Å²) in [5, 5.41) is 120. The number of allylic oxidation sites excluding steroid dienone is 17. The van der Waals surface area contributed by atoms with Gasteiger partial charge in [-0.25, -0.2) is 0 Å². The molecule has 0 aromatic carbocycles. The molecule has 0 aromatic rings. The topological polar surface area (TPSA) is 307 Å². The number of ether oxygens (including phenoxy) is 6. The quantitative estimate of drug-likeness (QED) is 0.0207. The van der Waals surface area contributed by atoms with Gasteiger partial charge in [-0.3, -0.25) is 4.79 Å². The molecular weight excluding hydrogens is 1120 g/mol. The molecule has 3 aliphatic heterocycles. The number of rotatable bonds is 47. The molecule has 0 saturated carbocycles. The fourth-order valence-electron chi connectivity index (χ4n) is 10.2. The number of hydrogen-bond acceptors (Lipinski definition) is 18. The van der Waals surface area contributed by atoms with Crippen LogP contribution < -0.4 is 5.32 Å². The summed E-state index contributed by atoms with van der Waals surface area (Å²) in [6.45, 7) is 1.53. The van der Waals surface area contributed by atoms with E-state index in [1.54, 1.807) is 6.08 Å². The first kappa shape index (κ1) is 77.7. The third kappa shape index (κ3) is 31.8. The van der Waals surface area contributed by atoms with Gasteiger partial charge in [0.2, 0.25) is 5.91 Å². The molecule has 19 nitrogen and oxygen atoms in total. The van der Waals surface area contributed by atoms with Crippen molar-refractivity contribution >= 4 is 5.91 Å². The largest absolute Gasteiger partial charge is 0.394 e. The highest BCUT2D eigenvalue weighted by molar-refractivity contribution is 5.76. The Balaban J connectivity index is 1.40. The average molecular weight is 1230 g/mol. The Hall–Kier alpha value is -3.55. The Morgan fingerprint density at radius 1 is 0.425 bits per heavy atom. The average Bonchev–Trinajstić information content (AvgIpc) is 3.71. The van der Waals surface area contributed by atoms with Gasteiger partial charge in [0, 0.05) is 6.42 Å². The fraction of sp³-hybridized carbons (Fsp3) is 0.721. The van der Waals surface area contributed by atoms with E-state index in [4.69, 9.17) is 28.4 Å². The molecule has 3 saturated heterocycles. The molecule has 3 heterocycles. The molecule has 19 heteroatoms. The van der Waals surface area contributed by atoms with Gasteiger partial charge in [-0.2, -0.15) is 0 Å². The Morgan fingerprint density at radius 3 is 1.29 bits per heavy atom. The first-order valence-corrected chi connectivity index (χ1v) is 32.6. The predicted octanol–water partition coefficient (Wildman–Crippen LogP) is 7.49. The monoisotopic (exact) mass is 1230 g/mol. The molecule has 3 fully saturated rings. The molecule has 12 N–H and O–H groups in total. The number of unbranched alkanes of at least 4 members (excludes halogenated alkanes) is 15. The van der Waals surface area contributed by atoms with E-state index in [1.807, 2.05) is 6.08 Å². The number of nitrogens with one attached hydrogen (secondary N) is 1. The van der Waals surface area contributed by atoms with Gasteiger partial charge in [-0.1, -0.05) is 194 Å². The molecule has 0 spiro atoms. The summed E-state index contributed by atoms with van der Waals surface area (Å²) in [6.07, 6.45) is 38.0. The Bertz CT molecular complexity index is 2000. The third-order valence-electron chi connectivity index (χ3n) is 15.6. The van der Waals surface area contributed by atoms with Crippen LogP contribution in [0, 0.1) is 0 Å². The van der Waals surface area contributed by atoms with Crippen LogP contribution in [0.5, 0.6) is 0 Å². The van der Waals surface area contributed by atoms with Crippen molar-refractivity contribution in [2.75, 3.05) is 26.4 Å². The van der Waals surface area contributed by atoms with Crippen molar-refractivity contribution in [2.24, 2.45) is 0 Å². The lowest BCUT2D eigenvalue weighted by molar-refractivity contribution is -0.379. The minimum atomic E-state index is -1.99. The van der Waals surface area contributed by atoms with Crippen molar-refractivity contribution in [1.82, 2.24) is 5.32 Å². The van der Waals surface area contributed by atoms with E-state index in [-0.39, 0.29) is 18.9 Å². The molecular formula is C68H113NO18. The van der Waals surface area contributed by atoms with Crippen molar-refractivity contribution in [2.45, 2.75) is 285 Å². The van der Waals surface area contributed by atoms with E-state index in [0.717, 1.165) is 96.3 Å². The van der Waals surface area contributed by atoms with Gasteiger partial charge < -0.3 is 89.9 Å².